The first-order chi connectivity index (χ1) is 13.7. The summed E-state index contributed by atoms with van der Waals surface area (Å²) in [6.07, 6.45) is 2.07. The van der Waals surface area contributed by atoms with Gasteiger partial charge in [0.25, 0.3) is 0 Å². The summed E-state index contributed by atoms with van der Waals surface area (Å²) in [6.45, 7) is 5.41. The summed E-state index contributed by atoms with van der Waals surface area (Å²) in [6, 6.07) is 18.6. The minimum absolute atomic E-state index is 0.0895. The van der Waals surface area contributed by atoms with Crippen molar-refractivity contribution in [2.45, 2.75) is 31.0 Å². The van der Waals surface area contributed by atoms with Crippen LogP contribution >= 0.6 is 11.8 Å². The molecule has 0 radical (unpaired) electrons. The second kappa shape index (κ2) is 8.80. The lowest BCUT2D eigenvalue weighted by Crippen LogP contribution is -2.45. The molecule has 1 aliphatic rings. The summed E-state index contributed by atoms with van der Waals surface area (Å²) in [5.41, 5.74) is 3.07. The van der Waals surface area contributed by atoms with Gasteiger partial charge in [0.1, 0.15) is 0 Å². The standard InChI is InChI=1S/C22H26N4OS/c1-2-25-14-12-17(13-15-25)23-21(27)16-28-22-24-19-10-6-7-11-20(19)26(22)18-8-4-3-5-9-18/h3-11,17H,2,12-16H2,1H3,(H,23,27). The van der Waals surface area contributed by atoms with E-state index >= 15 is 0 Å². The summed E-state index contributed by atoms with van der Waals surface area (Å²) < 4.78 is 2.13. The third-order valence-electron chi connectivity index (χ3n) is 5.28. The Hall–Kier alpha value is -2.31. The summed E-state index contributed by atoms with van der Waals surface area (Å²) in [5, 5.41) is 4.05. The number of nitrogens with one attached hydrogen (secondary N) is 1. The highest BCUT2D eigenvalue weighted by atomic mass is 32.2. The molecule has 6 heteroatoms. The maximum atomic E-state index is 12.5. The van der Waals surface area contributed by atoms with E-state index in [2.05, 4.69) is 39.9 Å². The average molecular weight is 395 g/mol. The number of amides is 1. The number of hydrogen-bond donors (Lipinski definition) is 1. The fourth-order valence-electron chi connectivity index (χ4n) is 3.72. The van der Waals surface area contributed by atoms with Crippen LogP contribution in [0.4, 0.5) is 0 Å². The van der Waals surface area contributed by atoms with E-state index in [-0.39, 0.29) is 5.91 Å². The largest absolute Gasteiger partial charge is 0.353 e. The number of nitrogens with zero attached hydrogens (tertiary/aromatic N) is 3. The lowest BCUT2D eigenvalue weighted by Gasteiger charge is -2.31. The quantitative estimate of drug-likeness (QED) is 0.648. The van der Waals surface area contributed by atoms with Crippen molar-refractivity contribution in [3.8, 4) is 5.69 Å². The highest BCUT2D eigenvalue weighted by Crippen LogP contribution is 2.27. The normalized spacial score (nSPS) is 15.8. The van der Waals surface area contributed by atoms with Gasteiger partial charge in [-0.3, -0.25) is 9.36 Å². The van der Waals surface area contributed by atoms with Gasteiger partial charge in [-0.15, -0.1) is 0 Å². The molecule has 0 aliphatic carbocycles. The molecule has 1 aliphatic heterocycles. The van der Waals surface area contributed by atoms with Gasteiger partial charge in [0.2, 0.25) is 5.91 Å². The number of imidazole rings is 1. The maximum absolute atomic E-state index is 12.5. The number of rotatable bonds is 6. The van der Waals surface area contributed by atoms with Gasteiger partial charge in [-0.1, -0.05) is 49.0 Å². The number of para-hydroxylation sites is 3. The van der Waals surface area contributed by atoms with Crippen molar-refractivity contribution in [2.75, 3.05) is 25.4 Å². The highest BCUT2D eigenvalue weighted by molar-refractivity contribution is 7.99. The molecule has 1 N–H and O–H groups in total. The van der Waals surface area contributed by atoms with Crippen LogP contribution < -0.4 is 5.32 Å². The summed E-state index contributed by atoms with van der Waals surface area (Å²) in [7, 11) is 0. The molecule has 0 unspecified atom stereocenters. The zero-order valence-corrected chi connectivity index (χ0v) is 17.0. The number of hydrogen-bond acceptors (Lipinski definition) is 4. The van der Waals surface area contributed by atoms with Crippen LogP contribution in [0.15, 0.2) is 59.8 Å². The monoisotopic (exact) mass is 394 g/mol. The van der Waals surface area contributed by atoms with E-state index in [1.165, 1.54) is 11.8 Å². The fraction of sp³-hybridized carbons (Fsp3) is 0.364. The van der Waals surface area contributed by atoms with Gasteiger partial charge >= 0.3 is 0 Å². The zero-order valence-electron chi connectivity index (χ0n) is 16.2. The molecule has 1 aromatic heterocycles. The van der Waals surface area contributed by atoms with Gasteiger partial charge < -0.3 is 10.2 Å². The minimum atomic E-state index is 0.0895. The highest BCUT2D eigenvalue weighted by Gasteiger charge is 2.20. The topological polar surface area (TPSA) is 50.2 Å². The Balaban J connectivity index is 1.46. The van der Waals surface area contributed by atoms with Crippen LogP contribution in [0.3, 0.4) is 0 Å². The van der Waals surface area contributed by atoms with Crippen LogP contribution in [0, 0.1) is 0 Å². The van der Waals surface area contributed by atoms with E-state index in [0.29, 0.717) is 11.8 Å². The van der Waals surface area contributed by atoms with Crippen molar-refractivity contribution in [1.29, 1.82) is 0 Å². The van der Waals surface area contributed by atoms with E-state index in [0.717, 1.165) is 54.4 Å². The van der Waals surface area contributed by atoms with E-state index in [1.54, 1.807) is 0 Å². The molecular formula is C22H26N4OS. The number of benzene rings is 2. The number of carbonyl (C=O) groups is 1. The molecule has 3 aromatic rings. The smallest absolute Gasteiger partial charge is 0.230 e. The Labute approximate surface area is 170 Å². The average Bonchev–Trinajstić information content (AvgIpc) is 3.12. The summed E-state index contributed by atoms with van der Waals surface area (Å²) >= 11 is 1.50. The van der Waals surface area contributed by atoms with Crippen molar-refractivity contribution in [2.24, 2.45) is 0 Å². The first-order valence-electron chi connectivity index (χ1n) is 9.92. The van der Waals surface area contributed by atoms with Crippen molar-refractivity contribution in [3.05, 3.63) is 54.6 Å². The molecule has 146 valence electrons. The Morgan fingerprint density at radius 2 is 1.82 bits per heavy atom. The van der Waals surface area contributed by atoms with Crippen LogP contribution in [0.25, 0.3) is 16.7 Å². The Kier molecular flexibility index (Phi) is 5.98. The van der Waals surface area contributed by atoms with Gasteiger partial charge in [-0.2, -0.15) is 0 Å². The number of likely N-dealkylation sites (tertiary alicyclic amines) is 1. The van der Waals surface area contributed by atoms with E-state index < -0.39 is 0 Å². The Bertz CT molecular complexity index is 932. The number of aromatic nitrogens is 2. The summed E-state index contributed by atoms with van der Waals surface area (Å²) in [4.78, 5) is 19.7. The second-order valence-electron chi connectivity index (χ2n) is 7.12. The number of fused-ring (bicyclic) bond motifs is 1. The van der Waals surface area contributed by atoms with Crippen LogP contribution in [-0.2, 0) is 4.79 Å². The van der Waals surface area contributed by atoms with Crippen molar-refractivity contribution in [1.82, 2.24) is 19.8 Å². The third-order valence-corrected chi connectivity index (χ3v) is 6.22. The molecule has 0 bridgehead atoms. The van der Waals surface area contributed by atoms with Crippen LogP contribution in [-0.4, -0.2) is 51.8 Å². The van der Waals surface area contributed by atoms with Gasteiger partial charge in [0, 0.05) is 24.8 Å². The number of piperidine rings is 1. The van der Waals surface area contributed by atoms with Crippen molar-refractivity contribution in [3.63, 3.8) is 0 Å². The molecule has 0 atom stereocenters. The SMILES string of the molecule is CCN1CCC(NC(=O)CSc2nc3ccccc3n2-c2ccccc2)CC1. The Morgan fingerprint density at radius 3 is 2.57 bits per heavy atom. The fourth-order valence-corrected chi connectivity index (χ4v) is 4.56. The first-order valence-corrected chi connectivity index (χ1v) is 10.9. The molecule has 0 saturated carbocycles. The van der Waals surface area contributed by atoms with E-state index in [1.807, 2.05) is 36.4 Å². The van der Waals surface area contributed by atoms with Crippen LogP contribution in [0.2, 0.25) is 0 Å². The van der Waals surface area contributed by atoms with Crippen LogP contribution in [0.1, 0.15) is 19.8 Å². The lowest BCUT2D eigenvalue weighted by molar-refractivity contribution is -0.119. The molecule has 4 rings (SSSR count). The molecule has 2 heterocycles. The first kappa shape index (κ1) is 19.0. The molecule has 1 fully saturated rings. The van der Waals surface area contributed by atoms with Gasteiger partial charge in [0.15, 0.2) is 5.16 Å². The molecule has 0 spiro atoms. The van der Waals surface area contributed by atoms with Gasteiger partial charge in [-0.25, -0.2) is 4.98 Å². The van der Waals surface area contributed by atoms with Gasteiger partial charge in [0.05, 0.1) is 16.8 Å². The molecule has 28 heavy (non-hydrogen) atoms. The summed E-state index contributed by atoms with van der Waals surface area (Å²) in [5.74, 6) is 0.469. The molecule has 5 nitrogen and oxygen atoms in total. The van der Waals surface area contributed by atoms with Gasteiger partial charge in [-0.05, 0) is 43.7 Å². The minimum Gasteiger partial charge on any atom is -0.353 e. The predicted molar refractivity (Wildman–Crippen MR) is 115 cm³/mol. The lowest BCUT2D eigenvalue weighted by atomic mass is 10.1. The van der Waals surface area contributed by atoms with E-state index in [9.17, 15) is 4.79 Å². The van der Waals surface area contributed by atoms with Crippen molar-refractivity contribution < 1.29 is 4.79 Å². The molecule has 1 saturated heterocycles. The molecule has 1 amide bonds. The van der Waals surface area contributed by atoms with Crippen LogP contribution in [0.5, 0.6) is 0 Å². The predicted octanol–water partition coefficient (Wildman–Crippen LogP) is 3.72. The molecule has 2 aromatic carbocycles. The Morgan fingerprint density at radius 1 is 1.11 bits per heavy atom. The second-order valence-corrected chi connectivity index (χ2v) is 8.06. The number of carbonyl (C=O) groups excluding carboxylic acids is 1. The number of thioether (sulfide) groups is 1. The molecular weight excluding hydrogens is 368 g/mol. The maximum Gasteiger partial charge on any atom is 0.230 e. The van der Waals surface area contributed by atoms with E-state index in [4.69, 9.17) is 4.98 Å². The zero-order chi connectivity index (χ0) is 19.3. The van der Waals surface area contributed by atoms with Crippen molar-refractivity contribution >= 4 is 28.7 Å². The third kappa shape index (κ3) is 4.23.